The van der Waals surface area contributed by atoms with E-state index in [-0.39, 0.29) is 12.1 Å². The predicted molar refractivity (Wildman–Crippen MR) is 43.9 cm³/mol. The van der Waals surface area contributed by atoms with Crippen LogP contribution in [-0.4, -0.2) is 18.1 Å². The second-order valence-electron chi connectivity index (χ2n) is 3.63. The molecule has 0 aliphatic carbocycles. The average Bonchev–Trinajstić information content (AvgIpc) is 2.22. The maximum Gasteiger partial charge on any atom is 0.467 e. The van der Waals surface area contributed by atoms with E-state index in [1.165, 1.54) is 0 Å². The molecule has 0 aliphatic heterocycles. The molecule has 0 unspecified atom stereocenters. The molecule has 1 aromatic carbocycles. The van der Waals surface area contributed by atoms with Gasteiger partial charge in [0.25, 0.3) is 0 Å². The van der Waals surface area contributed by atoms with Crippen LogP contribution in [0.1, 0.15) is 0 Å². The first-order chi connectivity index (χ1) is 8.79. The summed E-state index contributed by atoms with van der Waals surface area (Å²) >= 11 is 0. The Morgan fingerprint density at radius 1 is 0.800 bits per heavy atom. The van der Waals surface area contributed by atoms with Crippen LogP contribution >= 0.6 is 0 Å². The molecule has 1 aromatic rings. The lowest BCUT2D eigenvalue weighted by molar-refractivity contribution is -0.755. The molecule has 0 saturated heterocycles. The van der Waals surface area contributed by atoms with Crippen LogP contribution in [0.4, 0.5) is 49.6 Å². The number of hydrogen-bond acceptors (Lipinski definition) is 0. The van der Waals surface area contributed by atoms with Crippen LogP contribution in [0.5, 0.6) is 0 Å². The zero-order valence-corrected chi connectivity index (χ0v) is 9.01. The van der Waals surface area contributed by atoms with E-state index in [4.69, 9.17) is 0 Å². The molecule has 114 valence electrons. The number of hydrogen-bond donors (Lipinski definition) is 1. The highest BCUT2D eigenvalue weighted by molar-refractivity contribution is 5.32. The molecular formula is C9H4F10N+. The molecule has 0 fully saturated rings. The molecule has 0 spiro atoms. The van der Waals surface area contributed by atoms with E-state index in [2.05, 4.69) is 0 Å². The van der Waals surface area contributed by atoms with Gasteiger partial charge in [-0.15, -0.1) is 8.78 Å². The quantitative estimate of drug-likeness (QED) is 0.382. The van der Waals surface area contributed by atoms with Crippen LogP contribution in [0.3, 0.4) is 0 Å². The summed E-state index contributed by atoms with van der Waals surface area (Å²) in [7, 11) is 0. The largest absolute Gasteiger partial charge is 0.467 e. The first-order valence-corrected chi connectivity index (χ1v) is 4.62. The summed E-state index contributed by atoms with van der Waals surface area (Å²) in [5, 5.41) is -1.18. The van der Waals surface area contributed by atoms with Crippen LogP contribution in [0.15, 0.2) is 12.1 Å². The zero-order chi connectivity index (χ0) is 15.9. The fourth-order valence-corrected chi connectivity index (χ4v) is 1.16. The fourth-order valence-electron chi connectivity index (χ4n) is 1.16. The molecule has 0 bridgehead atoms. The number of rotatable bonds is 3. The monoisotopic (exact) mass is 316 g/mol. The summed E-state index contributed by atoms with van der Waals surface area (Å²) in [6, 6.07) is -6.13. The third-order valence-electron chi connectivity index (χ3n) is 2.13. The smallest absolute Gasteiger partial charge is 0.245 e. The molecule has 0 aromatic heterocycles. The van der Waals surface area contributed by atoms with Crippen molar-refractivity contribution in [2.75, 3.05) is 0 Å². The van der Waals surface area contributed by atoms with Gasteiger partial charge in [0.1, 0.15) is 5.82 Å². The van der Waals surface area contributed by atoms with Gasteiger partial charge in [0, 0.05) is 12.1 Å². The number of alkyl halides is 7. The van der Waals surface area contributed by atoms with Crippen LogP contribution < -0.4 is 5.32 Å². The third-order valence-corrected chi connectivity index (χ3v) is 2.13. The minimum atomic E-state index is -6.63. The van der Waals surface area contributed by atoms with Gasteiger partial charge in [-0.05, 0) is 0 Å². The normalized spacial score (nSPS) is 13.7. The van der Waals surface area contributed by atoms with Crippen LogP contribution in [0.2, 0.25) is 0 Å². The maximum absolute atomic E-state index is 13.0. The summed E-state index contributed by atoms with van der Waals surface area (Å²) < 4.78 is 124. The van der Waals surface area contributed by atoms with Crippen molar-refractivity contribution >= 4 is 5.69 Å². The highest BCUT2D eigenvalue weighted by Crippen LogP contribution is 2.43. The van der Waals surface area contributed by atoms with Gasteiger partial charge in [-0.25, -0.2) is 14.1 Å². The van der Waals surface area contributed by atoms with E-state index in [0.29, 0.717) is 0 Å². The number of halogens is 10. The van der Waals surface area contributed by atoms with Crippen molar-refractivity contribution < 1.29 is 49.2 Å². The van der Waals surface area contributed by atoms with E-state index >= 15 is 0 Å². The van der Waals surface area contributed by atoms with Gasteiger partial charge in [-0.2, -0.15) is 26.3 Å². The van der Waals surface area contributed by atoms with E-state index in [1.54, 1.807) is 0 Å². The Morgan fingerprint density at radius 3 is 1.75 bits per heavy atom. The number of benzene rings is 1. The van der Waals surface area contributed by atoms with Gasteiger partial charge in [0.05, 0.1) is 0 Å². The van der Waals surface area contributed by atoms with Crippen molar-refractivity contribution in [2.24, 2.45) is 0 Å². The summed E-state index contributed by atoms with van der Waals surface area (Å²) in [4.78, 5) is 0. The number of nitrogens with two attached hydrogens (primary N) is 1. The Hall–Kier alpha value is -1.52. The highest BCUT2D eigenvalue weighted by Gasteiger charge is 2.77. The Balaban J connectivity index is 3.21. The van der Waals surface area contributed by atoms with E-state index in [1.807, 2.05) is 0 Å². The lowest BCUT2D eigenvalue weighted by Crippen LogP contribution is -2.95. The summed E-state index contributed by atoms with van der Waals surface area (Å²) in [5.74, 6) is -12.3. The molecule has 2 N–H and O–H groups in total. The van der Waals surface area contributed by atoms with Gasteiger partial charge >= 0.3 is 18.1 Å². The minimum absolute atomic E-state index is 0.0906. The molecule has 0 heterocycles. The van der Waals surface area contributed by atoms with Gasteiger partial charge in [0.2, 0.25) is 5.82 Å². The van der Waals surface area contributed by atoms with Gasteiger partial charge in [-0.1, -0.05) is 0 Å². The fraction of sp³-hybridized carbons (Fsp3) is 0.333. The molecular weight excluding hydrogens is 312 g/mol. The second kappa shape index (κ2) is 4.79. The Labute approximate surface area is 104 Å². The predicted octanol–water partition coefficient (Wildman–Crippen LogP) is 3.09. The van der Waals surface area contributed by atoms with Crippen LogP contribution in [-0.2, 0) is 0 Å². The van der Waals surface area contributed by atoms with Crippen molar-refractivity contribution in [1.82, 2.24) is 0 Å². The number of quaternary nitrogens is 1. The molecule has 11 heteroatoms. The Kier molecular flexibility index (Phi) is 3.96. The van der Waals surface area contributed by atoms with Crippen molar-refractivity contribution in [3.05, 3.63) is 29.6 Å². The zero-order valence-electron chi connectivity index (χ0n) is 9.01. The lowest BCUT2D eigenvalue weighted by Gasteiger charge is -2.25. The average molecular weight is 316 g/mol. The molecule has 0 aliphatic rings. The van der Waals surface area contributed by atoms with Gasteiger partial charge in [0.15, 0.2) is 11.5 Å². The summed E-state index contributed by atoms with van der Waals surface area (Å²) in [5.41, 5.74) is -1.75. The van der Waals surface area contributed by atoms with E-state index in [0.717, 1.165) is 0 Å². The second-order valence-corrected chi connectivity index (χ2v) is 3.63. The van der Waals surface area contributed by atoms with Crippen LogP contribution in [0, 0.1) is 17.5 Å². The molecule has 1 nitrogen and oxygen atoms in total. The molecule has 0 radical (unpaired) electrons. The maximum atomic E-state index is 13.0. The topological polar surface area (TPSA) is 16.6 Å². The van der Waals surface area contributed by atoms with Crippen molar-refractivity contribution in [3.63, 3.8) is 0 Å². The lowest BCUT2D eigenvalue weighted by atomic mass is 10.2. The molecule has 20 heavy (non-hydrogen) atoms. The Bertz CT molecular complexity index is 506. The summed E-state index contributed by atoms with van der Waals surface area (Å²) in [6.07, 6.45) is -6.63. The highest BCUT2D eigenvalue weighted by atomic mass is 19.4. The third kappa shape index (κ3) is 2.81. The molecule has 1 rings (SSSR count). The Morgan fingerprint density at radius 2 is 1.30 bits per heavy atom. The van der Waals surface area contributed by atoms with Crippen molar-refractivity contribution in [3.8, 4) is 0 Å². The summed E-state index contributed by atoms with van der Waals surface area (Å²) in [6.45, 7) is 0. The van der Waals surface area contributed by atoms with Crippen LogP contribution in [0.25, 0.3) is 0 Å². The molecule has 0 saturated carbocycles. The minimum Gasteiger partial charge on any atom is -0.245 e. The van der Waals surface area contributed by atoms with Gasteiger partial charge < -0.3 is 0 Å². The van der Waals surface area contributed by atoms with Gasteiger partial charge in [-0.3, -0.25) is 0 Å². The first kappa shape index (κ1) is 16.5. The van der Waals surface area contributed by atoms with E-state index < -0.39 is 46.6 Å². The SMILES string of the molecule is Fc1cc(F)c(F)c([NH2+]C(F)(F)C(F)(F)C(F)(F)F)c1. The first-order valence-electron chi connectivity index (χ1n) is 4.62. The van der Waals surface area contributed by atoms with Crippen molar-refractivity contribution in [1.29, 1.82) is 0 Å². The molecule has 0 atom stereocenters. The molecule has 0 amide bonds. The standard InChI is InChI=1S/C9H3F10N/c10-3-1-4(11)6(12)5(2-3)20-9(18,19)7(13,14)8(15,16)17/h1-2,20H/p+1. The van der Waals surface area contributed by atoms with Crippen molar-refractivity contribution in [2.45, 2.75) is 18.1 Å². The van der Waals surface area contributed by atoms with E-state index in [9.17, 15) is 43.9 Å².